The van der Waals surface area contributed by atoms with E-state index in [9.17, 15) is 4.79 Å². The minimum atomic E-state index is -0.358. The third-order valence-corrected chi connectivity index (χ3v) is 1.90. The number of esters is 1. The molecule has 0 aromatic rings. The number of carbonyl (C=O) groups is 1. The summed E-state index contributed by atoms with van der Waals surface area (Å²) in [4.78, 5) is 11.2. The summed E-state index contributed by atoms with van der Waals surface area (Å²) in [6.45, 7) is 1.95. The van der Waals surface area contributed by atoms with Gasteiger partial charge in [0.1, 0.15) is 6.10 Å². The van der Waals surface area contributed by atoms with Gasteiger partial charge in [0.05, 0.1) is 7.11 Å². The average molecular weight is 182 g/mol. The van der Waals surface area contributed by atoms with Gasteiger partial charge in [0.25, 0.3) is 0 Å². The first-order valence-electron chi connectivity index (χ1n) is 4.34. The molecule has 1 aliphatic heterocycles. The lowest BCUT2D eigenvalue weighted by Crippen LogP contribution is -2.23. The summed E-state index contributed by atoms with van der Waals surface area (Å²) < 4.78 is 9.93. The standard InChI is InChI=1S/C10H14O3/c1-3-4-5-8-6-7-9(12-2)10(11)13-8/h3-4,7-8H,5-6H2,1-2H3/b4-3+. The van der Waals surface area contributed by atoms with Gasteiger partial charge in [-0.25, -0.2) is 4.79 Å². The van der Waals surface area contributed by atoms with Gasteiger partial charge in [0.2, 0.25) is 0 Å². The number of carbonyl (C=O) groups excluding carboxylic acids is 1. The maximum Gasteiger partial charge on any atom is 0.373 e. The van der Waals surface area contributed by atoms with E-state index in [1.165, 1.54) is 7.11 Å². The normalized spacial score (nSPS) is 22.8. The first-order valence-corrected chi connectivity index (χ1v) is 4.34. The molecule has 1 atom stereocenters. The van der Waals surface area contributed by atoms with Crippen LogP contribution < -0.4 is 0 Å². The molecular formula is C10H14O3. The van der Waals surface area contributed by atoms with Gasteiger partial charge < -0.3 is 9.47 Å². The fourth-order valence-corrected chi connectivity index (χ4v) is 1.18. The first kappa shape index (κ1) is 9.84. The molecule has 3 heteroatoms. The fraction of sp³-hybridized carbons (Fsp3) is 0.500. The van der Waals surface area contributed by atoms with Crippen LogP contribution in [0.15, 0.2) is 24.0 Å². The van der Waals surface area contributed by atoms with Crippen molar-refractivity contribution >= 4 is 5.97 Å². The molecular weight excluding hydrogens is 168 g/mol. The summed E-state index contributed by atoms with van der Waals surface area (Å²) in [5, 5.41) is 0. The molecule has 0 saturated heterocycles. The zero-order valence-corrected chi connectivity index (χ0v) is 7.95. The van der Waals surface area contributed by atoms with Gasteiger partial charge in [0.15, 0.2) is 5.76 Å². The van der Waals surface area contributed by atoms with Crippen LogP contribution in [0.5, 0.6) is 0 Å². The molecule has 0 aromatic heterocycles. The molecule has 0 saturated carbocycles. The van der Waals surface area contributed by atoms with Gasteiger partial charge in [-0.2, -0.15) is 0 Å². The average Bonchev–Trinajstić information content (AvgIpc) is 2.15. The molecule has 1 rings (SSSR count). The quantitative estimate of drug-likeness (QED) is 0.493. The van der Waals surface area contributed by atoms with Crippen LogP contribution in [0.3, 0.4) is 0 Å². The Bertz CT molecular complexity index is 241. The Hall–Kier alpha value is -1.25. The molecule has 0 spiro atoms. The zero-order chi connectivity index (χ0) is 9.68. The second kappa shape index (κ2) is 4.70. The topological polar surface area (TPSA) is 35.5 Å². The number of hydrogen-bond donors (Lipinski definition) is 0. The molecule has 13 heavy (non-hydrogen) atoms. The fourth-order valence-electron chi connectivity index (χ4n) is 1.18. The van der Waals surface area contributed by atoms with E-state index >= 15 is 0 Å². The highest BCUT2D eigenvalue weighted by molar-refractivity contribution is 5.87. The summed E-state index contributed by atoms with van der Waals surface area (Å²) in [7, 11) is 1.47. The third-order valence-electron chi connectivity index (χ3n) is 1.90. The van der Waals surface area contributed by atoms with Crippen LogP contribution in [-0.2, 0) is 14.3 Å². The maximum absolute atomic E-state index is 11.2. The summed E-state index contributed by atoms with van der Waals surface area (Å²) in [6.07, 6.45) is 7.20. The Morgan fingerprint density at radius 1 is 1.77 bits per heavy atom. The Labute approximate surface area is 78.0 Å². The summed E-state index contributed by atoms with van der Waals surface area (Å²) >= 11 is 0. The lowest BCUT2D eigenvalue weighted by molar-refractivity contribution is -0.149. The summed E-state index contributed by atoms with van der Waals surface area (Å²) in [5.41, 5.74) is 0. The van der Waals surface area contributed by atoms with Crippen LogP contribution in [0.25, 0.3) is 0 Å². The summed E-state index contributed by atoms with van der Waals surface area (Å²) in [5.74, 6) is -0.0417. The van der Waals surface area contributed by atoms with Gasteiger partial charge in [0, 0.05) is 12.8 Å². The second-order valence-corrected chi connectivity index (χ2v) is 2.84. The lowest BCUT2D eigenvalue weighted by Gasteiger charge is -2.20. The number of methoxy groups -OCH3 is 1. The van der Waals surface area contributed by atoms with Crippen molar-refractivity contribution in [2.75, 3.05) is 7.11 Å². The molecule has 1 aliphatic rings. The Kier molecular flexibility index (Phi) is 3.55. The molecule has 1 heterocycles. The van der Waals surface area contributed by atoms with Crippen molar-refractivity contribution in [3.05, 3.63) is 24.0 Å². The second-order valence-electron chi connectivity index (χ2n) is 2.84. The number of ether oxygens (including phenoxy) is 2. The van der Waals surface area contributed by atoms with E-state index in [0.29, 0.717) is 5.76 Å². The molecule has 3 nitrogen and oxygen atoms in total. The van der Waals surface area contributed by atoms with E-state index in [4.69, 9.17) is 9.47 Å². The van der Waals surface area contributed by atoms with Crippen molar-refractivity contribution in [2.24, 2.45) is 0 Å². The van der Waals surface area contributed by atoms with E-state index in [-0.39, 0.29) is 12.1 Å². The van der Waals surface area contributed by atoms with Crippen molar-refractivity contribution in [2.45, 2.75) is 25.9 Å². The molecule has 1 unspecified atom stereocenters. The van der Waals surface area contributed by atoms with Crippen LogP contribution >= 0.6 is 0 Å². The van der Waals surface area contributed by atoms with Crippen molar-refractivity contribution < 1.29 is 14.3 Å². The molecule has 0 aliphatic carbocycles. The summed E-state index contributed by atoms with van der Waals surface area (Å²) in [6, 6.07) is 0. The molecule has 0 aromatic carbocycles. The highest BCUT2D eigenvalue weighted by Gasteiger charge is 2.22. The van der Waals surface area contributed by atoms with Crippen molar-refractivity contribution in [1.29, 1.82) is 0 Å². The molecule has 0 N–H and O–H groups in total. The smallest absolute Gasteiger partial charge is 0.373 e. The maximum atomic E-state index is 11.2. The molecule has 0 fully saturated rings. The van der Waals surface area contributed by atoms with Crippen LogP contribution in [0.4, 0.5) is 0 Å². The minimum Gasteiger partial charge on any atom is -0.490 e. The van der Waals surface area contributed by atoms with E-state index in [1.54, 1.807) is 6.08 Å². The van der Waals surface area contributed by atoms with Crippen LogP contribution in [-0.4, -0.2) is 19.2 Å². The number of hydrogen-bond acceptors (Lipinski definition) is 3. The van der Waals surface area contributed by atoms with Crippen LogP contribution in [0.1, 0.15) is 19.8 Å². The number of cyclic esters (lactones) is 1. The number of rotatable bonds is 3. The molecule has 0 radical (unpaired) electrons. The van der Waals surface area contributed by atoms with Gasteiger partial charge in [-0.3, -0.25) is 0 Å². The van der Waals surface area contributed by atoms with Gasteiger partial charge in [-0.05, 0) is 13.0 Å². The van der Waals surface area contributed by atoms with E-state index in [0.717, 1.165) is 12.8 Å². The van der Waals surface area contributed by atoms with Gasteiger partial charge >= 0.3 is 5.97 Å². The van der Waals surface area contributed by atoms with Crippen molar-refractivity contribution in [1.82, 2.24) is 0 Å². The highest BCUT2D eigenvalue weighted by Crippen LogP contribution is 2.16. The third kappa shape index (κ3) is 2.61. The predicted octanol–water partition coefficient (Wildman–Crippen LogP) is 1.80. The Morgan fingerprint density at radius 2 is 2.54 bits per heavy atom. The number of allylic oxidation sites excluding steroid dienone is 1. The predicted molar refractivity (Wildman–Crippen MR) is 49.0 cm³/mol. The van der Waals surface area contributed by atoms with Gasteiger partial charge in [-0.1, -0.05) is 12.2 Å². The van der Waals surface area contributed by atoms with E-state index < -0.39 is 0 Å². The highest BCUT2D eigenvalue weighted by atomic mass is 16.6. The van der Waals surface area contributed by atoms with Crippen LogP contribution in [0, 0.1) is 0 Å². The molecule has 0 bridgehead atoms. The Morgan fingerprint density at radius 3 is 3.08 bits per heavy atom. The van der Waals surface area contributed by atoms with Crippen LogP contribution in [0.2, 0.25) is 0 Å². The Balaban J connectivity index is 2.50. The first-order chi connectivity index (χ1) is 6.27. The van der Waals surface area contributed by atoms with Crippen molar-refractivity contribution in [3.63, 3.8) is 0 Å². The largest absolute Gasteiger partial charge is 0.490 e. The minimum absolute atomic E-state index is 0.0254. The van der Waals surface area contributed by atoms with E-state index in [2.05, 4.69) is 0 Å². The SMILES string of the molecule is C/C=C/CC1CC=C(OC)C(=O)O1. The monoisotopic (exact) mass is 182 g/mol. The molecule has 72 valence electrons. The lowest BCUT2D eigenvalue weighted by atomic mass is 10.1. The zero-order valence-electron chi connectivity index (χ0n) is 7.95. The molecule has 0 amide bonds. The van der Waals surface area contributed by atoms with Crippen molar-refractivity contribution in [3.8, 4) is 0 Å². The van der Waals surface area contributed by atoms with Gasteiger partial charge in [-0.15, -0.1) is 0 Å². The van der Waals surface area contributed by atoms with E-state index in [1.807, 2.05) is 19.1 Å².